The van der Waals surface area contributed by atoms with E-state index in [0.717, 1.165) is 5.56 Å². The van der Waals surface area contributed by atoms with Crippen molar-refractivity contribution in [1.82, 2.24) is 10.5 Å². The van der Waals surface area contributed by atoms with E-state index in [4.69, 9.17) is 0 Å². The molecule has 0 fully saturated rings. The Morgan fingerprint density at radius 2 is 1.31 bits per heavy atom. The Morgan fingerprint density at radius 1 is 1.00 bits per heavy atom. The largest absolute Gasteiger partial charge is 1.00 e. The fraction of sp³-hybridized carbons (Fsp3) is 0. The number of nitrogens with one attached hydrogen (secondary N) is 1. The summed E-state index contributed by atoms with van der Waals surface area (Å²) in [7, 11) is 0. The number of hydrogen-bond acceptors (Lipinski definition) is 3. The predicted octanol–water partition coefficient (Wildman–Crippen LogP) is -6.90. The van der Waals surface area contributed by atoms with Gasteiger partial charge in [-0.25, -0.2) is 14.4 Å². The molecule has 1 aromatic rings. The van der Waals surface area contributed by atoms with Gasteiger partial charge in [0.05, 0.1) is 45.7 Å². The maximum absolute atomic E-state index is 10.9. The molecule has 1 rings (SSSR count). The number of rotatable bonds is 0. The number of H-pyrrole nitrogens is 1. The molecule has 0 unspecified atom stereocenters. The third-order valence-electron chi connectivity index (χ3n) is 0.906. The van der Waals surface area contributed by atoms with Crippen LogP contribution in [-0.4, -0.2) is 10.5 Å². The van der Waals surface area contributed by atoms with E-state index < -0.39 is 17.1 Å². The maximum atomic E-state index is 10.9. The van der Waals surface area contributed by atoms with Crippen LogP contribution >= 0.6 is 45.7 Å². The van der Waals surface area contributed by atoms with Crippen molar-refractivity contribution in [2.45, 2.75) is 0 Å². The van der Waals surface area contributed by atoms with E-state index in [-0.39, 0.29) is 42.0 Å². The van der Waals surface area contributed by atoms with Gasteiger partial charge in [-0.1, -0.05) is 0 Å². The standard InChI is InChI=1S/C3HI2N3O3.ClH.Na/c4-7-1(9)6-2(10)8(5)3(7)11;;/h(H,6,9,10);1H;/q;;+1/p-1. The van der Waals surface area contributed by atoms with Crippen LogP contribution in [0.5, 0.6) is 0 Å². The third-order valence-corrected chi connectivity index (χ3v) is 2.61. The molecular weight excluding hydrogens is 438 g/mol. The number of aromatic amines is 1. The van der Waals surface area contributed by atoms with E-state index in [0.29, 0.717) is 0 Å². The Labute approximate surface area is 128 Å². The van der Waals surface area contributed by atoms with Crippen molar-refractivity contribution in [1.29, 1.82) is 0 Å². The van der Waals surface area contributed by atoms with E-state index in [1.165, 1.54) is 45.7 Å². The summed E-state index contributed by atoms with van der Waals surface area (Å²) in [6.45, 7) is 0. The van der Waals surface area contributed by atoms with Crippen LogP contribution in [-0.2, 0) is 0 Å². The average molecular weight is 439 g/mol. The fourth-order valence-corrected chi connectivity index (χ4v) is 1.53. The summed E-state index contributed by atoms with van der Waals surface area (Å²) in [5.41, 5.74) is -2.08. The van der Waals surface area contributed by atoms with Gasteiger partial charge in [-0.05, 0) is 0 Å². The van der Waals surface area contributed by atoms with Gasteiger partial charge in [0.15, 0.2) is 0 Å². The molecule has 0 aliphatic heterocycles. The van der Waals surface area contributed by atoms with E-state index in [2.05, 4.69) is 0 Å². The molecule has 0 bridgehead atoms. The van der Waals surface area contributed by atoms with E-state index in [1.54, 1.807) is 0 Å². The summed E-state index contributed by atoms with van der Waals surface area (Å²) >= 11 is 3.01. The molecule has 1 aromatic heterocycles. The van der Waals surface area contributed by atoms with Crippen LogP contribution in [0.4, 0.5) is 0 Å². The van der Waals surface area contributed by atoms with Gasteiger partial charge in [0.1, 0.15) is 0 Å². The predicted molar refractivity (Wildman–Crippen MR) is 54.4 cm³/mol. The van der Waals surface area contributed by atoms with Gasteiger partial charge in [-0.2, -0.15) is 5.56 Å². The number of aromatic nitrogens is 3. The first-order chi connectivity index (χ1) is 5.04. The first-order valence-corrected chi connectivity index (χ1v) is 4.27. The van der Waals surface area contributed by atoms with Gasteiger partial charge in [-0.15, -0.1) is 0 Å². The first kappa shape index (κ1) is 16.6. The SMILES string of the molecule is O=c1[nH]c(=O)n(I)c(=O)n1I.[Cl-].[Na+]. The topological polar surface area (TPSA) is 76.9 Å². The van der Waals surface area contributed by atoms with Gasteiger partial charge in [-0.3, -0.25) is 4.98 Å². The summed E-state index contributed by atoms with van der Waals surface area (Å²) in [4.78, 5) is 34.2. The Kier molecular flexibility index (Phi) is 8.43. The van der Waals surface area contributed by atoms with E-state index in [1.807, 2.05) is 4.98 Å². The monoisotopic (exact) mass is 439 g/mol. The first-order valence-electron chi connectivity index (χ1n) is 2.34. The molecule has 1 N–H and O–H groups in total. The molecule has 0 aliphatic carbocycles. The molecule has 0 aliphatic rings. The van der Waals surface area contributed by atoms with Crippen LogP contribution in [0.25, 0.3) is 0 Å². The Hall–Kier alpha value is 1.16. The van der Waals surface area contributed by atoms with E-state index in [9.17, 15) is 14.4 Å². The zero-order valence-electron chi connectivity index (χ0n) is 6.25. The summed E-state index contributed by atoms with van der Waals surface area (Å²) in [6.07, 6.45) is 0. The van der Waals surface area contributed by atoms with Gasteiger partial charge in [0.2, 0.25) is 0 Å². The van der Waals surface area contributed by atoms with Crippen molar-refractivity contribution < 1.29 is 42.0 Å². The van der Waals surface area contributed by atoms with Crippen molar-refractivity contribution in [3.8, 4) is 0 Å². The van der Waals surface area contributed by atoms with Crippen LogP contribution < -0.4 is 59.0 Å². The summed E-state index contributed by atoms with van der Waals surface area (Å²) in [5, 5.41) is 0. The molecule has 0 amide bonds. The van der Waals surface area contributed by atoms with Crippen LogP contribution in [0.15, 0.2) is 14.4 Å². The zero-order valence-corrected chi connectivity index (χ0v) is 13.3. The summed E-state index contributed by atoms with van der Waals surface area (Å²) in [6, 6.07) is 0. The molecule has 0 saturated heterocycles. The molecular formula is C3HClI2N3NaO3. The number of hydrogen-bond donors (Lipinski definition) is 1. The second-order valence-electron chi connectivity index (χ2n) is 1.58. The minimum atomic E-state index is -0.714. The Balaban J connectivity index is 0. The molecule has 13 heavy (non-hydrogen) atoms. The van der Waals surface area contributed by atoms with Crippen LogP contribution in [0.2, 0.25) is 0 Å². The van der Waals surface area contributed by atoms with Crippen LogP contribution in [0, 0.1) is 0 Å². The van der Waals surface area contributed by atoms with Crippen molar-refractivity contribution in [3.63, 3.8) is 0 Å². The number of halogens is 3. The van der Waals surface area contributed by atoms with Crippen molar-refractivity contribution in [2.75, 3.05) is 0 Å². The molecule has 0 spiro atoms. The quantitative estimate of drug-likeness (QED) is 0.323. The second kappa shape index (κ2) is 6.61. The summed E-state index contributed by atoms with van der Waals surface area (Å²) < 4.78 is 1.57. The molecule has 1 heterocycles. The number of nitrogens with zero attached hydrogens (tertiary/aromatic N) is 2. The van der Waals surface area contributed by atoms with E-state index >= 15 is 0 Å². The normalized spacial score (nSPS) is 8.46. The Bertz CT molecular complexity index is 413. The van der Waals surface area contributed by atoms with Gasteiger partial charge in [0.25, 0.3) is 0 Å². The van der Waals surface area contributed by atoms with Crippen LogP contribution in [0.3, 0.4) is 0 Å². The molecule has 6 nitrogen and oxygen atoms in total. The minimum Gasteiger partial charge on any atom is -1.00 e. The second-order valence-corrected chi connectivity index (χ2v) is 3.51. The van der Waals surface area contributed by atoms with Crippen molar-refractivity contribution >= 4 is 45.7 Å². The Morgan fingerprint density at radius 3 is 1.62 bits per heavy atom. The maximum Gasteiger partial charge on any atom is 1.00 e. The average Bonchev–Trinajstić information content (AvgIpc) is 1.97. The van der Waals surface area contributed by atoms with Gasteiger partial charge in [0, 0.05) is 0 Å². The minimum absolute atomic E-state index is 0. The van der Waals surface area contributed by atoms with Gasteiger partial charge >= 0.3 is 46.6 Å². The smallest absolute Gasteiger partial charge is 1.00 e. The van der Waals surface area contributed by atoms with Crippen molar-refractivity contribution in [3.05, 3.63) is 31.5 Å². The molecule has 10 heteroatoms. The third kappa shape index (κ3) is 3.66. The fourth-order valence-electron chi connectivity index (χ4n) is 0.440. The molecule has 0 atom stereocenters. The molecule has 0 saturated carbocycles. The van der Waals surface area contributed by atoms with Crippen LogP contribution in [0.1, 0.15) is 0 Å². The molecule has 0 radical (unpaired) electrons. The summed E-state index contributed by atoms with van der Waals surface area (Å²) in [5.74, 6) is 0. The van der Waals surface area contributed by atoms with Gasteiger partial charge < -0.3 is 12.4 Å². The molecule has 0 aromatic carbocycles. The molecule has 68 valence electrons. The zero-order chi connectivity index (χ0) is 8.59. The van der Waals surface area contributed by atoms with Crippen molar-refractivity contribution in [2.24, 2.45) is 0 Å².